The molecule has 4 nitrogen and oxygen atoms in total. The lowest BCUT2D eigenvalue weighted by atomic mass is 10.0. The molecular weight excluding hydrogens is 273 g/mol. The maximum Gasteiger partial charge on any atom is 0.340 e. The van der Waals surface area contributed by atoms with Crippen molar-refractivity contribution >= 4 is 11.8 Å². The van der Waals surface area contributed by atoms with Crippen LogP contribution >= 0.6 is 0 Å². The molecule has 0 saturated carbocycles. The van der Waals surface area contributed by atoms with Gasteiger partial charge in [-0.1, -0.05) is 0 Å². The zero-order chi connectivity index (χ0) is 15.6. The SMILES string of the molecule is Cc1c[nH]cc1C(=O)OCC(=O)c1cc(C)c(F)c(C)c1. The van der Waals surface area contributed by atoms with Crippen molar-refractivity contribution in [3.63, 3.8) is 0 Å². The first-order valence-electron chi connectivity index (χ1n) is 6.50. The number of esters is 1. The topological polar surface area (TPSA) is 59.2 Å². The Labute approximate surface area is 121 Å². The van der Waals surface area contributed by atoms with E-state index in [1.54, 1.807) is 27.0 Å². The van der Waals surface area contributed by atoms with Gasteiger partial charge in [0.15, 0.2) is 12.4 Å². The van der Waals surface area contributed by atoms with E-state index in [1.165, 1.54) is 18.3 Å². The van der Waals surface area contributed by atoms with Gasteiger partial charge < -0.3 is 9.72 Å². The van der Waals surface area contributed by atoms with E-state index < -0.39 is 5.97 Å². The van der Waals surface area contributed by atoms with E-state index in [2.05, 4.69) is 4.98 Å². The van der Waals surface area contributed by atoms with Gasteiger partial charge >= 0.3 is 5.97 Å². The van der Waals surface area contributed by atoms with Crippen LogP contribution < -0.4 is 0 Å². The molecule has 5 heteroatoms. The third kappa shape index (κ3) is 3.18. The summed E-state index contributed by atoms with van der Waals surface area (Å²) in [6, 6.07) is 2.92. The first kappa shape index (κ1) is 15.0. The second-order valence-corrected chi connectivity index (χ2v) is 4.98. The third-order valence-electron chi connectivity index (χ3n) is 3.27. The summed E-state index contributed by atoms with van der Waals surface area (Å²) < 4.78 is 18.5. The van der Waals surface area contributed by atoms with Crippen molar-refractivity contribution in [2.24, 2.45) is 0 Å². The molecule has 0 atom stereocenters. The molecule has 0 aliphatic heterocycles. The molecule has 0 aliphatic rings. The van der Waals surface area contributed by atoms with E-state index in [0.29, 0.717) is 22.3 Å². The Morgan fingerprint density at radius 3 is 2.24 bits per heavy atom. The fraction of sp³-hybridized carbons (Fsp3) is 0.250. The number of ether oxygens (including phenoxy) is 1. The summed E-state index contributed by atoms with van der Waals surface area (Å²) in [7, 11) is 0. The molecule has 1 aromatic carbocycles. The van der Waals surface area contributed by atoms with Crippen molar-refractivity contribution in [1.29, 1.82) is 0 Å². The molecule has 21 heavy (non-hydrogen) atoms. The molecule has 0 fully saturated rings. The van der Waals surface area contributed by atoms with Gasteiger partial charge in [0.05, 0.1) is 5.56 Å². The quantitative estimate of drug-likeness (QED) is 0.695. The number of hydrogen-bond acceptors (Lipinski definition) is 3. The zero-order valence-corrected chi connectivity index (χ0v) is 12.1. The highest BCUT2D eigenvalue weighted by Crippen LogP contribution is 2.15. The summed E-state index contributed by atoms with van der Waals surface area (Å²) in [5, 5.41) is 0. The molecule has 1 aromatic heterocycles. The smallest absolute Gasteiger partial charge is 0.340 e. The van der Waals surface area contributed by atoms with Crippen LogP contribution in [0.1, 0.15) is 37.4 Å². The number of aromatic amines is 1. The number of benzene rings is 1. The minimum atomic E-state index is -0.558. The van der Waals surface area contributed by atoms with Crippen molar-refractivity contribution in [3.05, 3.63) is 58.2 Å². The number of rotatable bonds is 4. The van der Waals surface area contributed by atoms with E-state index in [9.17, 15) is 14.0 Å². The predicted molar refractivity (Wildman–Crippen MR) is 76.0 cm³/mol. The van der Waals surface area contributed by atoms with Crippen LogP contribution in [0.15, 0.2) is 24.5 Å². The van der Waals surface area contributed by atoms with E-state index in [4.69, 9.17) is 4.74 Å². The number of H-pyrrole nitrogens is 1. The van der Waals surface area contributed by atoms with Gasteiger partial charge in [0, 0.05) is 18.0 Å². The summed E-state index contributed by atoms with van der Waals surface area (Å²) in [5.74, 6) is -1.24. The lowest BCUT2D eigenvalue weighted by Crippen LogP contribution is -2.15. The van der Waals surface area contributed by atoms with E-state index in [0.717, 1.165) is 5.56 Å². The summed E-state index contributed by atoms with van der Waals surface area (Å²) in [5.41, 5.74) is 2.28. The number of carbonyl (C=O) groups excluding carboxylic acids is 2. The standard InChI is InChI=1S/C16H16FNO3/c1-9-4-12(5-10(2)15(9)17)14(19)8-21-16(20)13-7-18-6-11(13)3/h4-7,18H,8H2,1-3H3. The highest BCUT2D eigenvalue weighted by Gasteiger charge is 2.15. The summed E-state index contributed by atoms with van der Waals surface area (Å²) in [4.78, 5) is 26.6. The van der Waals surface area contributed by atoms with Crippen molar-refractivity contribution in [2.75, 3.05) is 6.61 Å². The number of nitrogens with one attached hydrogen (secondary N) is 1. The van der Waals surface area contributed by atoms with Crippen molar-refractivity contribution < 1.29 is 18.7 Å². The van der Waals surface area contributed by atoms with Crippen molar-refractivity contribution in [3.8, 4) is 0 Å². The monoisotopic (exact) mass is 289 g/mol. The minimum absolute atomic E-state index is 0.327. The fourth-order valence-corrected chi connectivity index (χ4v) is 2.06. The number of ketones is 1. The average Bonchev–Trinajstić information content (AvgIpc) is 2.87. The molecular formula is C16H16FNO3. The van der Waals surface area contributed by atoms with E-state index in [-0.39, 0.29) is 18.2 Å². The maximum absolute atomic E-state index is 13.5. The Hall–Kier alpha value is -2.43. The number of aryl methyl sites for hydroxylation is 3. The number of halogens is 1. The highest BCUT2D eigenvalue weighted by atomic mass is 19.1. The normalized spacial score (nSPS) is 10.5. The number of Topliss-reactive ketones (excluding diaryl/α,β-unsaturated/α-hetero) is 1. The zero-order valence-electron chi connectivity index (χ0n) is 12.1. The molecule has 0 radical (unpaired) electrons. The van der Waals surface area contributed by atoms with Gasteiger partial charge in [-0.3, -0.25) is 4.79 Å². The fourth-order valence-electron chi connectivity index (χ4n) is 2.06. The van der Waals surface area contributed by atoms with Crippen LogP contribution in [0.4, 0.5) is 4.39 Å². The summed E-state index contributed by atoms with van der Waals surface area (Å²) >= 11 is 0. The van der Waals surface area contributed by atoms with E-state index in [1.807, 2.05) is 0 Å². The lowest BCUT2D eigenvalue weighted by Gasteiger charge is -2.07. The maximum atomic E-state index is 13.5. The van der Waals surface area contributed by atoms with Crippen molar-refractivity contribution in [2.45, 2.75) is 20.8 Å². The van der Waals surface area contributed by atoms with Crippen LogP contribution in [0, 0.1) is 26.6 Å². The Morgan fingerprint density at radius 2 is 1.71 bits per heavy atom. The number of hydrogen-bond donors (Lipinski definition) is 1. The molecule has 0 amide bonds. The molecule has 110 valence electrons. The molecule has 0 spiro atoms. The molecule has 0 saturated heterocycles. The Kier molecular flexibility index (Phi) is 4.21. The number of aromatic nitrogens is 1. The molecule has 0 aliphatic carbocycles. The Balaban J connectivity index is 2.06. The molecule has 1 heterocycles. The minimum Gasteiger partial charge on any atom is -0.454 e. The van der Waals surface area contributed by atoms with Gasteiger partial charge in [0.2, 0.25) is 0 Å². The molecule has 2 aromatic rings. The van der Waals surface area contributed by atoms with Gasteiger partial charge in [-0.15, -0.1) is 0 Å². The highest BCUT2D eigenvalue weighted by molar-refractivity contribution is 5.99. The van der Waals surface area contributed by atoms with Crippen LogP contribution in [0.25, 0.3) is 0 Å². The van der Waals surface area contributed by atoms with Crippen LogP contribution in [0.3, 0.4) is 0 Å². The van der Waals surface area contributed by atoms with Crippen molar-refractivity contribution in [1.82, 2.24) is 4.98 Å². The molecule has 2 rings (SSSR count). The average molecular weight is 289 g/mol. The van der Waals surface area contributed by atoms with Gasteiger partial charge in [0.1, 0.15) is 5.82 Å². The van der Waals surface area contributed by atoms with Gasteiger partial charge in [0.25, 0.3) is 0 Å². The van der Waals surface area contributed by atoms with Crippen LogP contribution in [-0.4, -0.2) is 23.3 Å². The third-order valence-corrected chi connectivity index (χ3v) is 3.27. The lowest BCUT2D eigenvalue weighted by molar-refractivity contribution is 0.0474. The van der Waals surface area contributed by atoms with Gasteiger partial charge in [-0.25, -0.2) is 9.18 Å². The van der Waals surface area contributed by atoms with Crippen LogP contribution in [-0.2, 0) is 4.74 Å². The Bertz CT molecular complexity index is 680. The largest absolute Gasteiger partial charge is 0.454 e. The molecule has 0 bridgehead atoms. The van der Waals surface area contributed by atoms with Crippen LogP contribution in [0.2, 0.25) is 0 Å². The van der Waals surface area contributed by atoms with E-state index >= 15 is 0 Å². The molecule has 0 unspecified atom stereocenters. The summed E-state index contributed by atoms with van der Waals surface area (Å²) in [6.45, 7) is 4.58. The van der Waals surface area contributed by atoms with Gasteiger partial charge in [-0.2, -0.15) is 0 Å². The second-order valence-electron chi connectivity index (χ2n) is 4.98. The summed E-state index contributed by atoms with van der Waals surface area (Å²) in [6.07, 6.45) is 3.19. The van der Waals surface area contributed by atoms with Gasteiger partial charge in [-0.05, 0) is 49.6 Å². The predicted octanol–water partition coefficient (Wildman–Crippen LogP) is 3.12. The first-order chi connectivity index (χ1) is 9.90. The second kappa shape index (κ2) is 5.91. The molecule has 1 N–H and O–H groups in total. The van der Waals surface area contributed by atoms with Crippen LogP contribution in [0.5, 0.6) is 0 Å². The first-order valence-corrected chi connectivity index (χ1v) is 6.50. The Morgan fingerprint density at radius 1 is 1.10 bits per heavy atom. The number of carbonyl (C=O) groups is 2.